The van der Waals surface area contributed by atoms with E-state index in [0.29, 0.717) is 31.2 Å². The predicted molar refractivity (Wildman–Crippen MR) is 120 cm³/mol. The second-order valence-corrected chi connectivity index (χ2v) is 7.92. The van der Waals surface area contributed by atoms with Crippen LogP contribution in [0.4, 0.5) is 18.9 Å². The number of carbonyl (C=O) groups excluding carboxylic acids is 1. The van der Waals surface area contributed by atoms with Crippen molar-refractivity contribution in [1.82, 2.24) is 15.0 Å². The molecule has 0 spiro atoms. The van der Waals surface area contributed by atoms with Gasteiger partial charge in [-0.05, 0) is 55.0 Å². The van der Waals surface area contributed by atoms with Gasteiger partial charge < -0.3 is 14.3 Å². The van der Waals surface area contributed by atoms with Gasteiger partial charge in [0.1, 0.15) is 0 Å². The molecule has 1 amide bonds. The van der Waals surface area contributed by atoms with E-state index in [2.05, 4.69) is 10.1 Å². The first-order chi connectivity index (χ1) is 15.7. The van der Waals surface area contributed by atoms with Crippen LogP contribution in [0.3, 0.4) is 0 Å². The molecule has 6 nitrogen and oxygen atoms in total. The van der Waals surface area contributed by atoms with E-state index < -0.39 is 11.7 Å². The van der Waals surface area contributed by atoms with Crippen LogP contribution in [0, 0.1) is 0 Å². The molecule has 0 radical (unpaired) electrons. The molecule has 9 heteroatoms. The third-order valence-electron chi connectivity index (χ3n) is 5.23. The standard InChI is InChI=1S/C24H27F3N4O2/c1-4-5-15-31(23(32)18-6-10-19(11-7-18)24(25,26)27)16-14-21-28-22(29-33-21)17-8-12-20(13-9-17)30(2)3/h6-13H,4-5,14-16H2,1-3H3. The van der Waals surface area contributed by atoms with Gasteiger partial charge in [0.05, 0.1) is 5.56 Å². The van der Waals surface area contributed by atoms with Gasteiger partial charge in [-0.2, -0.15) is 18.2 Å². The first-order valence-electron chi connectivity index (χ1n) is 10.8. The van der Waals surface area contributed by atoms with E-state index in [9.17, 15) is 18.0 Å². The SMILES string of the molecule is CCCCN(CCc1nc(-c2ccc(N(C)C)cc2)no1)C(=O)c1ccc(C(F)(F)F)cc1. The number of aromatic nitrogens is 2. The van der Waals surface area contributed by atoms with Crippen LogP contribution in [0.25, 0.3) is 11.4 Å². The summed E-state index contributed by atoms with van der Waals surface area (Å²) in [7, 11) is 3.91. The zero-order valence-corrected chi connectivity index (χ0v) is 18.9. The van der Waals surface area contributed by atoms with Gasteiger partial charge in [-0.3, -0.25) is 4.79 Å². The maximum atomic E-state index is 12.9. The van der Waals surface area contributed by atoms with E-state index in [1.807, 2.05) is 50.2 Å². The van der Waals surface area contributed by atoms with Crippen molar-refractivity contribution in [2.24, 2.45) is 0 Å². The van der Waals surface area contributed by atoms with Crippen molar-refractivity contribution >= 4 is 11.6 Å². The lowest BCUT2D eigenvalue weighted by Crippen LogP contribution is -2.34. The van der Waals surface area contributed by atoms with Crippen molar-refractivity contribution in [2.45, 2.75) is 32.4 Å². The third-order valence-corrected chi connectivity index (χ3v) is 5.23. The van der Waals surface area contributed by atoms with Crippen LogP contribution in [0.1, 0.15) is 41.6 Å². The van der Waals surface area contributed by atoms with E-state index in [1.54, 1.807) is 4.90 Å². The van der Waals surface area contributed by atoms with Gasteiger partial charge in [-0.25, -0.2) is 0 Å². The van der Waals surface area contributed by atoms with Crippen molar-refractivity contribution in [3.05, 3.63) is 65.5 Å². The highest BCUT2D eigenvalue weighted by atomic mass is 19.4. The van der Waals surface area contributed by atoms with E-state index >= 15 is 0 Å². The highest BCUT2D eigenvalue weighted by molar-refractivity contribution is 5.94. The molecule has 3 aromatic rings. The van der Waals surface area contributed by atoms with Crippen LogP contribution >= 0.6 is 0 Å². The Labute approximate surface area is 191 Å². The number of unbranched alkanes of at least 4 members (excludes halogenated alkanes) is 1. The summed E-state index contributed by atoms with van der Waals surface area (Å²) < 4.78 is 43.8. The molecule has 0 aliphatic heterocycles. The van der Waals surface area contributed by atoms with Gasteiger partial charge >= 0.3 is 6.18 Å². The first kappa shape index (κ1) is 24.3. The predicted octanol–water partition coefficient (Wildman–Crippen LogP) is 5.31. The summed E-state index contributed by atoms with van der Waals surface area (Å²) in [6, 6.07) is 12.0. The lowest BCUT2D eigenvalue weighted by Gasteiger charge is -2.22. The molecule has 0 bridgehead atoms. The summed E-state index contributed by atoms with van der Waals surface area (Å²) in [5.74, 6) is 0.532. The van der Waals surface area contributed by atoms with Gasteiger partial charge in [0.2, 0.25) is 11.7 Å². The molecule has 0 aliphatic rings. The molecule has 1 aromatic heterocycles. The van der Waals surface area contributed by atoms with Crippen molar-refractivity contribution in [2.75, 3.05) is 32.1 Å². The molecule has 0 fully saturated rings. The van der Waals surface area contributed by atoms with Gasteiger partial charge in [0, 0.05) is 50.4 Å². The van der Waals surface area contributed by atoms with E-state index in [0.717, 1.165) is 36.2 Å². The Morgan fingerprint density at radius 3 is 2.24 bits per heavy atom. The van der Waals surface area contributed by atoms with Crippen molar-refractivity contribution in [1.29, 1.82) is 0 Å². The number of hydrogen-bond acceptors (Lipinski definition) is 5. The number of halogens is 3. The largest absolute Gasteiger partial charge is 0.416 e. The Kier molecular flexibility index (Phi) is 7.73. The van der Waals surface area contributed by atoms with E-state index in [1.165, 1.54) is 12.1 Å². The molecule has 0 saturated carbocycles. The van der Waals surface area contributed by atoms with Crippen LogP contribution in [-0.2, 0) is 12.6 Å². The average Bonchev–Trinajstić information content (AvgIpc) is 3.27. The molecule has 33 heavy (non-hydrogen) atoms. The molecule has 3 rings (SSSR count). The lowest BCUT2D eigenvalue weighted by atomic mass is 10.1. The Balaban J connectivity index is 1.68. The normalized spacial score (nSPS) is 11.5. The average molecular weight is 461 g/mol. The molecular formula is C24H27F3N4O2. The fraction of sp³-hybridized carbons (Fsp3) is 0.375. The minimum Gasteiger partial charge on any atom is -0.378 e. The third kappa shape index (κ3) is 6.34. The molecule has 0 aliphatic carbocycles. The van der Waals surface area contributed by atoms with E-state index in [4.69, 9.17) is 4.52 Å². The Morgan fingerprint density at radius 1 is 1.00 bits per heavy atom. The summed E-state index contributed by atoms with van der Waals surface area (Å²) >= 11 is 0. The monoisotopic (exact) mass is 460 g/mol. The summed E-state index contributed by atoms with van der Waals surface area (Å²) in [5.41, 5.74) is 1.30. The van der Waals surface area contributed by atoms with Gasteiger partial charge in [0.25, 0.3) is 5.91 Å². The summed E-state index contributed by atoms with van der Waals surface area (Å²) in [6.45, 7) is 2.82. The molecule has 1 heterocycles. The number of carbonyl (C=O) groups is 1. The first-order valence-corrected chi connectivity index (χ1v) is 10.8. The number of benzene rings is 2. The number of amides is 1. The molecule has 0 N–H and O–H groups in total. The molecule has 0 saturated heterocycles. The van der Waals surface area contributed by atoms with Crippen LogP contribution in [0.15, 0.2) is 53.1 Å². The number of nitrogens with zero attached hydrogens (tertiary/aromatic N) is 4. The number of rotatable bonds is 9. The van der Waals surface area contributed by atoms with Crippen LogP contribution in [0.5, 0.6) is 0 Å². The van der Waals surface area contributed by atoms with Crippen LogP contribution in [0.2, 0.25) is 0 Å². The molecular weight excluding hydrogens is 433 g/mol. The number of anilines is 1. The fourth-order valence-electron chi connectivity index (χ4n) is 3.26. The summed E-state index contributed by atoms with van der Waals surface area (Å²) in [6.07, 6.45) is -2.44. The Bertz CT molecular complexity index is 1040. The van der Waals surface area contributed by atoms with Gasteiger partial charge in [-0.1, -0.05) is 18.5 Å². The maximum absolute atomic E-state index is 12.9. The van der Waals surface area contributed by atoms with Crippen LogP contribution < -0.4 is 4.90 Å². The van der Waals surface area contributed by atoms with Crippen molar-refractivity contribution in [3.8, 4) is 11.4 Å². The maximum Gasteiger partial charge on any atom is 0.416 e. The molecule has 0 atom stereocenters. The number of hydrogen-bond donors (Lipinski definition) is 0. The smallest absolute Gasteiger partial charge is 0.378 e. The zero-order valence-electron chi connectivity index (χ0n) is 18.9. The highest BCUT2D eigenvalue weighted by Crippen LogP contribution is 2.29. The molecule has 2 aromatic carbocycles. The number of alkyl halides is 3. The summed E-state index contributed by atoms with van der Waals surface area (Å²) in [4.78, 5) is 20.9. The van der Waals surface area contributed by atoms with E-state index in [-0.39, 0.29) is 11.5 Å². The van der Waals surface area contributed by atoms with Crippen molar-refractivity contribution in [3.63, 3.8) is 0 Å². The summed E-state index contributed by atoms with van der Waals surface area (Å²) in [5, 5.41) is 4.03. The highest BCUT2D eigenvalue weighted by Gasteiger charge is 2.30. The quantitative estimate of drug-likeness (QED) is 0.433. The fourth-order valence-corrected chi connectivity index (χ4v) is 3.26. The molecule has 0 unspecified atom stereocenters. The Hall–Kier alpha value is -3.36. The molecule has 176 valence electrons. The Morgan fingerprint density at radius 2 is 1.67 bits per heavy atom. The second kappa shape index (κ2) is 10.5. The van der Waals surface area contributed by atoms with Gasteiger partial charge in [0.15, 0.2) is 0 Å². The minimum absolute atomic E-state index is 0.214. The topological polar surface area (TPSA) is 62.5 Å². The van der Waals surface area contributed by atoms with Crippen molar-refractivity contribution < 1.29 is 22.5 Å². The zero-order chi connectivity index (χ0) is 24.0. The lowest BCUT2D eigenvalue weighted by molar-refractivity contribution is -0.137. The van der Waals surface area contributed by atoms with Crippen LogP contribution in [-0.4, -0.2) is 48.1 Å². The second-order valence-electron chi connectivity index (χ2n) is 7.92. The minimum atomic E-state index is -4.44. The van der Waals surface area contributed by atoms with Gasteiger partial charge in [-0.15, -0.1) is 0 Å².